The highest BCUT2D eigenvalue weighted by Gasteiger charge is 2.29. The largest absolute Gasteiger partial charge is 0.388 e. The van der Waals surface area contributed by atoms with Gasteiger partial charge in [-0.1, -0.05) is 0 Å². The quantitative estimate of drug-likeness (QED) is 0.818. The van der Waals surface area contributed by atoms with Crippen molar-refractivity contribution in [1.29, 1.82) is 0 Å². The molecule has 0 radical (unpaired) electrons. The van der Waals surface area contributed by atoms with Crippen LogP contribution in [0.1, 0.15) is 6.92 Å². The average Bonchev–Trinajstić information content (AvgIpc) is 2.30. The Kier molecular flexibility index (Phi) is 3.07. The van der Waals surface area contributed by atoms with Crippen molar-refractivity contribution in [3.63, 3.8) is 0 Å². The van der Waals surface area contributed by atoms with Crippen molar-refractivity contribution < 1.29 is 4.79 Å². The summed E-state index contributed by atoms with van der Waals surface area (Å²) in [6, 6.07) is 5.99. The lowest BCUT2D eigenvalue weighted by molar-refractivity contribution is -0.118. The molecule has 16 heavy (non-hydrogen) atoms. The Labute approximate surface area is 99.2 Å². The average molecular weight is 237 g/mol. The first-order chi connectivity index (χ1) is 7.67. The summed E-state index contributed by atoms with van der Waals surface area (Å²) in [6.45, 7) is 2.13. The number of rotatable bonds is 2. The van der Waals surface area contributed by atoms with Gasteiger partial charge in [-0.2, -0.15) is 0 Å². The number of hydrogen-bond donors (Lipinski definition) is 2. The highest BCUT2D eigenvalue weighted by atomic mass is 32.2. The SMILES string of the molecule is CNc1ccc2c(c1)N(CN)C(=O)C(C)S2. The fraction of sp³-hybridized carbons (Fsp3) is 0.364. The van der Waals surface area contributed by atoms with Crippen LogP contribution in [0.15, 0.2) is 23.1 Å². The van der Waals surface area contributed by atoms with Gasteiger partial charge in [0.05, 0.1) is 17.6 Å². The van der Waals surface area contributed by atoms with Gasteiger partial charge in [-0.15, -0.1) is 11.8 Å². The predicted octanol–water partition coefficient (Wildman–Crippen LogP) is 1.47. The van der Waals surface area contributed by atoms with E-state index in [9.17, 15) is 4.79 Å². The standard InChI is InChI=1S/C11H15N3OS/c1-7-11(15)14(6-12)9-5-8(13-2)3-4-10(9)16-7/h3-5,7,13H,6,12H2,1-2H3. The van der Waals surface area contributed by atoms with Crippen molar-refractivity contribution in [2.24, 2.45) is 5.73 Å². The minimum Gasteiger partial charge on any atom is -0.388 e. The molecule has 3 N–H and O–H groups in total. The molecule has 86 valence electrons. The molecule has 1 aromatic rings. The summed E-state index contributed by atoms with van der Waals surface area (Å²) in [5, 5.41) is 3.00. The third-order valence-corrected chi connectivity index (χ3v) is 3.79. The number of carbonyl (C=O) groups is 1. The molecule has 0 bridgehead atoms. The molecule has 1 aliphatic rings. The van der Waals surface area contributed by atoms with E-state index in [2.05, 4.69) is 5.32 Å². The fourth-order valence-electron chi connectivity index (χ4n) is 1.75. The first kappa shape index (κ1) is 11.3. The molecule has 0 fully saturated rings. The lowest BCUT2D eigenvalue weighted by Gasteiger charge is -2.31. The second-order valence-electron chi connectivity index (χ2n) is 3.64. The summed E-state index contributed by atoms with van der Waals surface area (Å²) >= 11 is 1.58. The molecule has 1 aliphatic heterocycles. The van der Waals surface area contributed by atoms with Gasteiger partial charge in [0, 0.05) is 17.6 Å². The van der Waals surface area contributed by atoms with Crippen LogP contribution in [0.25, 0.3) is 0 Å². The summed E-state index contributed by atoms with van der Waals surface area (Å²) in [7, 11) is 1.86. The molecule has 0 aromatic heterocycles. The normalized spacial score (nSPS) is 19.6. The maximum absolute atomic E-state index is 11.9. The minimum absolute atomic E-state index is 0.0588. The number of fused-ring (bicyclic) bond motifs is 1. The smallest absolute Gasteiger partial charge is 0.241 e. The number of nitrogens with one attached hydrogen (secondary N) is 1. The number of carbonyl (C=O) groups excluding carboxylic acids is 1. The Bertz CT molecular complexity index is 422. The molecule has 0 saturated carbocycles. The molecule has 4 nitrogen and oxygen atoms in total. The second-order valence-corrected chi connectivity index (χ2v) is 5.02. The zero-order valence-electron chi connectivity index (χ0n) is 9.36. The van der Waals surface area contributed by atoms with E-state index in [0.717, 1.165) is 16.3 Å². The molecule has 5 heteroatoms. The highest BCUT2D eigenvalue weighted by molar-refractivity contribution is 8.00. The van der Waals surface area contributed by atoms with Gasteiger partial charge >= 0.3 is 0 Å². The number of hydrogen-bond acceptors (Lipinski definition) is 4. The summed E-state index contributed by atoms with van der Waals surface area (Å²) in [4.78, 5) is 14.7. The van der Waals surface area contributed by atoms with Gasteiger partial charge in [0.25, 0.3) is 0 Å². The van der Waals surface area contributed by atoms with Crippen molar-refractivity contribution in [2.75, 3.05) is 23.9 Å². The Balaban J connectivity index is 2.48. The Morgan fingerprint density at radius 3 is 2.94 bits per heavy atom. The van der Waals surface area contributed by atoms with E-state index < -0.39 is 0 Å². The van der Waals surface area contributed by atoms with Crippen molar-refractivity contribution in [3.8, 4) is 0 Å². The van der Waals surface area contributed by atoms with Gasteiger partial charge in [-0.3, -0.25) is 9.69 Å². The molecule has 0 saturated heterocycles. The molecule has 1 unspecified atom stereocenters. The minimum atomic E-state index is -0.0588. The number of anilines is 2. The molecular weight excluding hydrogens is 222 g/mol. The van der Waals surface area contributed by atoms with Crippen molar-refractivity contribution in [3.05, 3.63) is 18.2 Å². The summed E-state index contributed by atoms with van der Waals surface area (Å²) in [5.74, 6) is 0.0771. The lowest BCUT2D eigenvalue weighted by Crippen LogP contribution is -2.43. The van der Waals surface area contributed by atoms with Gasteiger partial charge in [0.1, 0.15) is 0 Å². The van der Waals surface area contributed by atoms with E-state index >= 15 is 0 Å². The van der Waals surface area contributed by atoms with Crippen LogP contribution < -0.4 is 16.0 Å². The number of benzene rings is 1. The molecule has 1 amide bonds. The first-order valence-electron chi connectivity index (χ1n) is 5.17. The van der Waals surface area contributed by atoms with Crippen LogP contribution in [0.5, 0.6) is 0 Å². The first-order valence-corrected chi connectivity index (χ1v) is 6.05. The molecular formula is C11H15N3OS. The Hall–Kier alpha value is -1.20. The molecule has 0 spiro atoms. The van der Waals surface area contributed by atoms with E-state index in [4.69, 9.17) is 5.73 Å². The van der Waals surface area contributed by atoms with E-state index in [1.165, 1.54) is 0 Å². The van der Waals surface area contributed by atoms with E-state index in [1.54, 1.807) is 16.7 Å². The molecule has 1 heterocycles. The van der Waals surface area contributed by atoms with Crippen LogP contribution in [-0.2, 0) is 4.79 Å². The van der Waals surface area contributed by atoms with E-state index in [1.807, 2.05) is 32.2 Å². The highest BCUT2D eigenvalue weighted by Crippen LogP contribution is 2.39. The van der Waals surface area contributed by atoms with Crippen LogP contribution in [-0.4, -0.2) is 24.9 Å². The van der Waals surface area contributed by atoms with Gasteiger partial charge < -0.3 is 11.1 Å². The number of thioether (sulfide) groups is 1. The lowest BCUT2D eigenvalue weighted by atomic mass is 10.2. The fourth-order valence-corrected chi connectivity index (χ4v) is 2.80. The van der Waals surface area contributed by atoms with E-state index in [-0.39, 0.29) is 17.8 Å². The van der Waals surface area contributed by atoms with Gasteiger partial charge in [-0.25, -0.2) is 0 Å². The van der Waals surface area contributed by atoms with Gasteiger partial charge in [0.15, 0.2) is 0 Å². The van der Waals surface area contributed by atoms with Gasteiger partial charge in [-0.05, 0) is 25.1 Å². The topological polar surface area (TPSA) is 58.4 Å². The molecule has 0 aliphatic carbocycles. The van der Waals surface area contributed by atoms with Crippen LogP contribution in [0, 0.1) is 0 Å². The third-order valence-electron chi connectivity index (χ3n) is 2.64. The molecule has 1 aromatic carbocycles. The monoisotopic (exact) mass is 237 g/mol. The maximum Gasteiger partial charge on any atom is 0.241 e. The second kappa shape index (κ2) is 4.35. The van der Waals surface area contributed by atoms with Gasteiger partial charge in [0.2, 0.25) is 5.91 Å². The number of nitrogens with two attached hydrogens (primary N) is 1. The zero-order chi connectivity index (χ0) is 11.7. The number of nitrogens with zero attached hydrogens (tertiary/aromatic N) is 1. The van der Waals surface area contributed by atoms with Crippen molar-refractivity contribution in [2.45, 2.75) is 17.1 Å². The molecule has 2 rings (SSSR count). The van der Waals surface area contributed by atoms with Crippen molar-refractivity contribution >= 4 is 29.0 Å². The van der Waals surface area contributed by atoms with E-state index in [0.29, 0.717) is 0 Å². The van der Waals surface area contributed by atoms with Crippen LogP contribution in [0.4, 0.5) is 11.4 Å². The molecule has 1 atom stereocenters. The summed E-state index contributed by atoms with van der Waals surface area (Å²) in [6.07, 6.45) is 0. The van der Waals surface area contributed by atoms with Crippen LogP contribution in [0.2, 0.25) is 0 Å². The Morgan fingerprint density at radius 2 is 2.31 bits per heavy atom. The van der Waals surface area contributed by atoms with Crippen LogP contribution >= 0.6 is 11.8 Å². The summed E-state index contributed by atoms with van der Waals surface area (Å²) < 4.78 is 0. The maximum atomic E-state index is 11.9. The van der Waals surface area contributed by atoms with Crippen molar-refractivity contribution in [1.82, 2.24) is 0 Å². The van der Waals surface area contributed by atoms with Crippen LogP contribution in [0.3, 0.4) is 0 Å². The Morgan fingerprint density at radius 1 is 1.56 bits per heavy atom. The number of amides is 1. The predicted molar refractivity (Wildman–Crippen MR) is 67.8 cm³/mol. The zero-order valence-corrected chi connectivity index (χ0v) is 10.2. The third kappa shape index (κ3) is 1.76. The summed E-state index contributed by atoms with van der Waals surface area (Å²) in [5.41, 5.74) is 7.53.